The van der Waals surface area contributed by atoms with Crippen molar-refractivity contribution < 1.29 is 54.8 Å². The van der Waals surface area contributed by atoms with Crippen LogP contribution in [0.15, 0.2) is 30.3 Å². The smallest absolute Gasteiger partial charge is 0.229 e. The highest BCUT2D eigenvalue weighted by Gasteiger charge is 2.45. The van der Waals surface area contributed by atoms with E-state index in [0.29, 0.717) is 5.56 Å². The van der Waals surface area contributed by atoms with Crippen molar-refractivity contribution in [2.24, 2.45) is 0 Å². The largest absolute Gasteiger partial charge is 0.504 e. The first kappa shape index (κ1) is 22.1. The minimum atomic E-state index is -1.70. The summed E-state index contributed by atoms with van der Waals surface area (Å²) >= 11 is 0. The quantitative estimate of drug-likeness (QED) is 0.303. The van der Waals surface area contributed by atoms with Gasteiger partial charge in [0.15, 0.2) is 28.8 Å². The molecule has 2 aromatic carbocycles. The molecular weight excluding hydrogens is 428 g/mol. The van der Waals surface area contributed by atoms with Crippen molar-refractivity contribution in [2.75, 3.05) is 6.61 Å². The molecule has 1 fully saturated rings. The molecule has 11 nitrogen and oxygen atoms in total. The second-order valence-electron chi connectivity index (χ2n) is 7.59. The van der Waals surface area contributed by atoms with Crippen LogP contribution in [-0.2, 0) is 4.74 Å². The number of phenols is 3. The Balaban J connectivity index is 1.61. The Labute approximate surface area is 181 Å². The molecule has 6 atom stereocenters. The van der Waals surface area contributed by atoms with E-state index in [1.807, 2.05) is 0 Å². The molecule has 32 heavy (non-hydrogen) atoms. The number of carbonyl (C=O) groups excluding carboxylic acids is 1. The van der Waals surface area contributed by atoms with Crippen molar-refractivity contribution in [3.63, 3.8) is 0 Å². The number of Topliss-reactive ketones (excluding diaryl/α,β-unsaturated/α-hetero) is 1. The van der Waals surface area contributed by atoms with Gasteiger partial charge >= 0.3 is 0 Å². The van der Waals surface area contributed by atoms with Gasteiger partial charge in [-0.25, -0.2) is 0 Å². The monoisotopic (exact) mass is 450 g/mol. The summed E-state index contributed by atoms with van der Waals surface area (Å²) in [6.07, 6.45) is -8.64. The predicted molar refractivity (Wildman–Crippen MR) is 105 cm³/mol. The normalized spacial score (nSPS) is 29.8. The van der Waals surface area contributed by atoms with Gasteiger partial charge in [0.1, 0.15) is 30.5 Å². The van der Waals surface area contributed by atoms with Crippen LogP contribution in [0.1, 0.15) is 28.4 Å². The summed E-state index contributed by atoms with van der Waals surface area (Å²) in [6, 6.07) is 6.55. The molecule has 0 radical (unpaired) electrons. The van der Waals surface area contributed by atoms with Crippen molar-refractivity contribution >= 4 is 5.78 Å². The van der Waals surface area contributed by atoms with Crippen LogP contribution in [0.2, 0.25) is 0 Å². The number of aliphatic hydroxyl groups excluding tert-OH is 4. The van der Waals surface area contributed by atoms with Crippen LogP contribution in [-0.4, -0.2) is 78.8 Å². The molecule has 2 heterocycles. The molecular formula is C21H22O11. The number of benzene rings is 2. The zero-order valence-electron chi connectivity index (χ0n) is 16.5. The molecule has 172 valence electrons. The number of ether oxygens (including phenoxy) is 3. The summed E-state index contributed by atoms with van der Waals surface area (Å²) in [5, 5.41) is 69.1. The number of carbonyl (C=O) groups is 1. The Morgan fingerprint density at radius 2 is 1.72 bits per heavy atom. The highest BCUT2D eigenvalue weighted by molar-refractivity contribution is 6.01. The molecule has 0 aliphatic carbocycles. The molecule has 4 rings (SSSR count). The van der Waals surface area contributed by atoms with Crippen LogP contribution in [0.5, 0.6) is 28.7 Å². The summed E-state index contributed by atoms with van der Waals surface area (Å²) < 4.78 is 16.5. The molecule has 11 heteroatoms. The number of fused-ring (bicyclic) bond motifs is 1. The number of hydrogen-bond acceptors (Lipinski definition) is 11. The van der Waals surface area contributed by atoms with Crippen LogP contribution in [0, 0.1) is 0 Å². The van der Waals surface area contributed by atoms with Gasteiger partial charge in [-0.2, -0.15) is 0 Å². The molecule has 1 saturated heterocycles. The second kappa shape index (κ2) is 8.45. The maximum atomic E-state index is 12.6. The van der Waals surface area contributed by atoms with Crippen molar-refractivity contribution in [3.8, 4) is 28.7 Å². The molecule has 7 N–H and O–H groups in total. The first-order valence-corrected chi connectivity index (χ1v) is 9.76. The van der Waals surface area contributed by atoms with Gasteiger partial charge in [-0.15, -0.1) is 0 Å². The van der Waals surface area contributed by atoms with E-state index in [1.54, 1.807) is 0 Å². The number of aromatic hydroxyl groups is 3. The number of phenolic OH excluding ortho intramolecular Hbond substituents is 3. The Hall–Kier alpha value is -3.09. The molecule has 0 spiro atoms. The molecule has 0 bridgehead atoms. The van der Waals surface area contributed by atoms with Crippen LogP contribution < -0.4 is 9.47 Å². The zero-order valence-corrected chi connectivity index (χ0v) is 16.5. The van der Waals surface area contributed by atoms with E-state index < -0.39 is 54.9 Å². The van der Waals surface area contributed by atoms with E-state index >= 15 is 0 Å². The van der Waals surface area contributed by atoms with E-state index in [1.165, 1.54) is 30.3 Å². The van der Waals surface area contributed by atoms with E-state index in [9.17, 15) is 40.5 Å². The minimum Gasteiger partial charge on any atom is -0.504 e. The summed E-state index contributed by atoms with van der Waals surface area (Å²) in [5.41, 5.74) is 0.474. The zero-order chi connectivity index (χ0) is 23.2. The maximum absolute atomic E-state index is 12.6. The maximum Gasteiger partial charge on any atom is 0.229 e. The lowest BCUT2D eigenvalue weighted by Crippen LogP contribution is -2.60. The number of aliphatic hydroxyl groups is 4. The molecule has 0 unspecified atom stereocenters. The molecule has 2 aliphatic rings. The molecule has 0 saturated carbocycles. The average molecular weight is 450 g/mol. The molecule has 0 amide bonds. The van der Waals surface area contributed by atoms with E-state index in [2.05, 4.69) is 0 Å². The Morgan fingerprint density at radius 1 is 0.969 bits per heavy atom. The highest BCUT2D eigenvalue weighted by atomic mass is 16.7. The topological polar surface area (TPSA) is 186 Å². The van der Waals surface area contributed by atoms with Crippen LogP contribution in [0.25, 0.3) is 0 Å². The van der Waals surface area contributed by atoms with Gasteiger partial charge in [0.25, 0.3) is 0 Å². The molecule has 0 aromatic heterocycles. The summed E-state index contributed by atoms with van der Waals surface area (Å²) in [5.74, 6) is -2.09. The average Bonchev–Trinajstić information content (AvgIpc) is 2.77. The number of hydrogen-bond donors (Lipinski definition) is 7. The van der Waals surface area contributed by atoms with Crippen molar-refractivity contribution in [1.82, 2.24) is 0 Å². The first-order valence-electron chi connectivity index (χ1n) is 9.76. The minimum absolute atomic E-state index is 0.0798. The van der Waals surface area contributed by atoms with Crippen LogP contribution in [0.3, 0.4) is 0 Å². The Morgan fingerprint density at radius 3 is 2.41 bits per heavy atom. The van der Waals surface area contributed by atoms with Crippen molar-refractivity contribution in [3.05, 3.63) is 41.5 Å². The van der Waals surface area contributed by atoms with Crippen LogP contribution in [0.4, 0.5) is 0 Å². The summed E-state index contributed by atoms with van der Waals surface area (Å²) in [6.45, 7) is -0.653. The van der Waals surface area contributed by atoms with Gasteiger partial charge in [0, 0.05) is 0 Å². The second-order valence-corrected chi connectivity index (χ2v) is 7.59. The van der Waals surface area contributed by atoms with Gasteiger partial charge in [0.2, 0.25) is 12.0 Å². The number of ketones is 1. The van der Waals surface area contributed by atoms with Crippen LogP contribution >= 0.6 is 0 Å². The third-order valence-electron chi connectivity index (χ3n) is 5.49. The number of rotatable bonds is 4. The fourth-order valence-corrected chi connectivity index (χ4v) is 3.67. The summed E-state index contributed by atoms with van der Waals surface area (Å²) in [7, 11) is 0. The Bertz CT molecular complexity index is 1020. The fourth-order valence-electron chi connectivity index (χ4n) is 3.67. The lowest BCUT2D eigenvalue weighted by atomic mass is 9.95. The SMILES string of the molecule is O=C1C[C@H](c2ccc(O)c(O)c2)Oc2c1ccc(O[C@@H]1O[C@H](CO)[C@@H](O)[C@H](O)[C@H]1O)c2O. The third-order valence-corrected chi connectivity index (χ3v) is 5.49. The first-order chi connectivity index (χ1) is 15.2. The standard InChI is InChI=1S/C21H22O11/c22-7-15-16(26)18(28)19(29)21(32-15)31-13-4-2-9-11(24)6-14(30-20(9)17(13)27)8-1-3-10(23)12(25)5-8/h1-5,14-16,18-19,21-23,25-29H,6-7H2/t14-,15-,16-,18+,19-,21-/m1/s1. The Kier molecular flexibility index (Phi) is 5.84. The fraction of sp³-hybridized carbons (Fsp3) is 0.381. The van der Waals surface area contributed by atoms with Gasteiger partial charge in [-0.05, 0) is 29.8 Å². The molecule has 2 aliphatic heterocycles. The molecule has 2 aromatic rings. The van der Waals surface area contributed by atoms with Gasteiger partial charge in [-0.1, -0.05) is 6.07 Å². The van der Waals surface area contributed by atoms with Gasteiger partial charge < -0.3 is 50.0 Å². The van der Waals surface area contributed by atoms with Crippen molar-refractivity contribution in [1.29, 1.82) is 0 Å². The van der Waals surface area contributed by atoms with E-state index in [4.69, 9.17) is 14.2 Å². The van der Waals surface area contributed by atoms with E-state index in [0.717, 1.165) is 0 Å². The van der Waals surface area contributed by atoms with E-state index in [-0.39, 0.29) is 35.0 Å². The lowest BCUT2D eigenvalue weighted by Gasteiger charge is -2.39. The highest BCUT2D eigenvalue weighted by Crippen LogP contribution is 2.46. The third kappa shape index (κ3) is 3.80. The van der Waals surface area contributed by atoms with Gasteiger partial charge in [-0.3, -0.25) is 4.79 Å². The predicted octanol–water partition coefficient (Wildman–Crippen LogP) is -0.311. The summed E-state index contributed by atoms with van der Waals surface area (Å²) in [4.78, 5) is 12.6. The van der Waals surface area contributed by atoms with Crippen molar-refractivity contribution in [2.45, 2.75) is 43.2 Å². The van der Waals surface area contributed by atoms with Gasteiger partial charge in [0.05, 0.1) is 18.6 Å². The lowest BCUT2D eigenvalue weighted by molar-refractivity contribution is -0.277.